The molecule has 92 valence electrons. The van der Waals surface area contributed by atoms with Gasteiger partial charge in [-0.15, -0.1) is 0 Å². The highest BCUT2D eigenvalue weighted by Crippen LogP contribution is 2.29. The number of rotatable bonds is 2. The van der Waals surface area contributed by atoms with Gasteiger partial charge in [0.1, 0.15) is 0 Å². The maximum absolute atomic E-state index is 11.2. The highest BCUT2D eigenvalue weighted by molar-refractivity contribution is 6.31. The maximum atomic E-state index is 11.2. The molecule has 2 unspecified atom stereocenters. The van der Waals surface area contributed by atoms with Crippen molar-refractivity contribution in [3.8, 4) is 0 Å². The highest BCUT2D eigenvalue weighted by atomic mass is 35.5. The monoisotopic (exact) mass is 254 g/mol. The second-order valence-corrected chi connectivity index (χ2v) is 4.71. The summed E-state index contributed by atoms with van der Waals surface area (Å²) in [7, 11) is 0. The van der Waals surface area contributed by atoms with Gasteiger partial charge in [-0.05, 0) is 19.8 Å². The molecule has 1 aliphatic rings. The van der Waals surface area contributed by atoms with Gasteiger partial charge in [0, 0.05) is 25.0 Å². The van der Waals surface area contributed by atoms with Crippen LogP contribution in [0.3, 0.4) is 0 Å². The van der Waals surface area contributed by atoms with Crippen molar-refractivity contribution in [1.29, 1.82) is 0 Å². The number of aromatic nitrogens is 2. The van der Waals surface area contributed by atoms with E-state index in [0.29, 0.717) is 23.6 Å². The van der Waals surface area contributed by atoms with E-state index in [1.807, 2.05) is 4.90 Å². The number of nitrogens with two attached hydrogens (primary N) is 1. The van der Waals surface area contributed by atoms with E-state index in [9.17, 15) is 4.79 Å². The van der Waals surface area contributed by atoms with E-state index in [2.05, 4.69) is 16.9 Å². The molecular weight excluding hydrogens is 240 g/mol. The number of primary amides is 1. The van der Waals surface area contributed by atoms with E-state index in [1.165, 1.54) is 0 Å². The summed E-state index contributed by atoms with van der Waals surface area (Å²) in [6.07, 6.45) is 4.87. The number of halogens is 1. The van der Waals surface area contributed by atoms with Crippen LogP contribution >= 0.6 is 11.6 Å². The number of carbonyl (C=O) groups is 1. The summed E-state index contributed by atoms with van der Waals surface area (Å²) in [6.45, 7) is 2.65. The highest BCUT2D eigenvalue weighted by Gasteiger charge is 2.30. The third-order valence-corrected chi connectivity index (χ3v) is 3.46. The number of hydrogen-bond donors (Lipinski definition) is 1. The molecule has 1 saturated heterocycles. The van der Waals surface area contributed by atoms with E-state index < -0.39 is 0 Å². The van der Waals surface area contributed by atoms with E-state index in [-0.39, 0.29) is 11.8 Å². The number of hydrogen-bond acceptors (Lipinski definition) is 4. The van der Waals surface area contributed by atoms with Gasteiger partial charge in [0.2, 0.25) is 5.91 Å². The van der Waals surface area contributed by atoms with Crippen LogP contribution in [0.15, 0.2) is 12.4 Å². The summed E-state index contributed by atoms with van der Waals surface area (Å²) in [4.78, 5) is 21.5. The predicted octanol–water partition coefficient (Wildman–Crippen LogP) is 1.22. The number of amides is 1. The van der Waals surface area contributed by atoms with Crippen LogP contribution < -0.4 is 10.6 Å². The first-order valence-electron chi connectivity index (χ1n) is 5.62. The van der Waals surface area contributed by atoms with Gasteiger partial charge in [-0.1, -0.05) is 11.6 Å². The van der Waals surface area contributed by atoms with Gasteiger partial charge < -0.3 is 10.6 Å². The lowest BCUT2D eigenvalue weighted by Crippen LogP contribution is -2.46. The largest absolute Gasteiger partial charge is 0.369 e. The molecule has 5 nitrogen and oxygen atoms in total. The van der Waals surface area contributed by atoms with Crippen LogP contribution in [0.2, 0.25) is 5.15 Å². The minimum atomic E-state index is -0.262. The molecule has 0 saturated carbocycles. The molecule has 1 aromatic rings. The van der Waals surface area contributed by atoms with Crippen molar-refractivity contribution < 1.29 is 4.79 Å². The van der Waals surface area contributed by atoms with Crippen molar-refractivity contribution in [1.82, 2.24) is 9.97 Å². The third kappa shape index (κ3) is 2.49. The van der Waals surface area contributed by atoms with E-state index in [1.54, 1.807) is 12.4 Å². The Morgan fingerprint density at radius 1 is 1.47 bits per heavy atom. The first kappa shape index (κ1) is 12.1. The maximum Gasteiger partial charge on any atom is 0.222 e. The van der Waals surface area contributed by atoms with Crippen LogP contribution in [-0.2, 0) is 4.79 Å². The zero-order chi connectivity index (χ0) is 12.4. The lowest BCUT2D eigenvalue weighted by Gasteiger charge is -2.37. The summed E-state index contributed by atoms with van der Waals surface area (Å²) in [5.74, 6) is 0.235. The lowest BCUT2D eigenvalue weighted by molar-refractivity contribution is -0.122. The Hall–Kier alpha value is -1.36. The minimum Gasteiger partial charge on any atom is -0.369 e. The van der Waals surface area contributed by atoms with Gasteiger partial charge in [-0.3, -0.25) is 4.79 Å². The van der Waals surface area contributed by atoms with Crippen molar-refractivity contribution in [3.05, 3.63) is 17.5 Å². The molecule has 2 heterocycles. The molecule has 2 N–H and O–H groups in total. The Balaban J connectivity index is 2.24. The number of nitrogens with zero attached hydrogens (tertiary/aromatic N) is 3. The summed E-state index contributed by atoms with van der Waals surface area (Å²) < 4.78 is 0. The van der Waals surface area contributed by atoms with Crippen LogP contribution in [-0.4, -0.2) is 28.5 Å². The van der Waals surface area contributed by atoms with Crippen molar-refractivity contribution in [2.75, 3.05) is 11.4 Å². The van der Waals surface area contributed by atoms with Crippen molar-refractivity contribution >= 4 is 23.3 Å². The van der Waals surface area contributed by atoms with Gasteiger partial charge >= 0.3 is 0 Å². The van der Waals surface area contributed by atoms with E-state index in [4.69, 9.17) is 17.3 Å². The van der Waals surface area contributed by atoms with Crippen molar-refractivity contribution in [3.63, 3.8) is 0 Å². The summed E-state index contributed by atoms with van der Waals surface area (Å²) in [6, 6.07) is 0.291. The summed E-state index contributed by atoms with van der Waals surface area (Å²) in [5, 5.41) is 0.365. The third-order valence-electron chi connectivity index (χ3n) is 3.19. The molecule has 0 aromatic carbocycles. The van der Waals surface area contributed by atoms with Crippen molar-refractivity contribution in [2.24, 2.45) is 11.7 Å². The topological polar surface area (TPSA) is 72.1 Å². The normalized spacial score (nSPS) is 24.7. The quantitative estimate of drug-likeness (QED) is 0.861. The van der Waals surface area contributed by atoms with Crippen LogP contribution in [0.1, 0.15) is 19.8 Å². The molecule has 1 amide bonds. The molecule has 17 heavy (non-hydrogen) atoms. The standard InChI is InChI=1S/C11H15ClN4O/c1-7-2-3-8(10(13)17)6-16(7)11-9(12)14-4-5-15-11/h4-5,7-8H,2-3,6H2,1H3,(H2,13,17). The second kappa shape index (κ2) is 4.87. The molecule has 2 atom stereocenters. The minimum absolute atomic E-state index is 0.135. The number of carbonyl (C=O) groups excluding carboxylic acids is 1. The molecule has 0 bridgehead atoms. The predicted molar refractivity (Wildman–Crippen MR) is 65.8 cm³/mol. The zero-order valence-electron chi connectivity index (χ0n) is 9.64. The Bertz CT molecular complexity index is 426. The second-order valence-electron chi connectivity index (χ2n) is 4.35. The average molecular weight is 255 g/mol. The molecule has 0 spiro atoms. The first-order valence-corrected chi connectivity index (χ1v) is 6.00. The molecule has 1 aliphatic heterocycles. The zero-order valence-corrected chi connectivity index (χ0v) is 10.4. The van der Waals surface area contributed by atoms with Gasteiger partial charge in [0.25, 0.3) is 0 Å². The SMILES string of the molecule is CC1CCC(C(N)=O)CN1c1nccnc1Cl. The molecular formula is C11H15ClN4O. The Morgan fingerprint density at radius 3 is 2.82 bits per heavy atom. The Labute approximate surface area is 105 Å². The summed E-state index contributed by atoms with van der Waals surface area (Å²) >= 11 is 6.02. The average Bonchev–Trinajstić information content (AvgIpc) is 2.30. The first-order chi connectivity index (χ1) is 8.09. The van der Waals surface area contributed by atoms with Gasteiger partial charge in [0.05, 0.1) is 5.92 Å². The number of anilines is 1. The van der Waals surface area contributed by atoms with Crippen LogP contribution in [0, 0.1) is 5.92 Å². The fraction of sp³-hybridized carbons (Fsp3) is 0.545. The van der Waals surface area contributed by atoms with Crippen molar-refractivity contribution in [2.45, 2.75) is 25.8 Å². The Morgan fingerprint density at radius 2 is 2.18 bits per heavy atom. The lowest BCUT2D eigenvalue weighted by atomic mass is 9.93. The molecule has 1 aromatic heterocycles. The molecule has 0 aliphatic carbocycles. The van der Waals surface area contributed by atoms with Gasteiger partial charge in [0.15, 0.2) is 11.0 Å². The fourth-order valence-electron chi connectivity index (χ4n) is 2.14. The molecule has 1 fully saturated rings. The molecule has 2 rings (SSSR count). The van der Waals surface area contributed by atoms with Crippen LogP contribution in [0.25, 0.3) is 0 Å². The molecule has 6 heteroatoms. The number of piperidine rings is 1. The van der Waals surface area contributed by atoms with E-state index >= 15 is 0 Å². The van der Waals surface area contributed by atoms with E-state index in [0.717, 1.165) is 12.8 Å². The van der Waals surface area contributed by atoms with Crippen LogP contribution in [0.4, 0.5) is 5.82 Å². The van der Waals surface area contributed by atoms with Gasteiger partial charge in [-0.2, -0.15) is 0 Å². The summed E-state index contributed by atoms with van der Waals surface area (Å²) in [5.41, 5.74) is 5.36. The Kier molecular flexibility index (Phi) is 3.47. The van der Waals surface area contributed by atoms with Crippen LogP contribution in [0.5, 0.6) is 0 Å². The molecule has 0 radical (unpaired) electrons. The van der Waals surface area contributed by atoms with Gasteiger partial charge in [-0.25, -0.2) is 9.97 Å². The fourth-order valence-corrected chi connectivity index (χ4v) is 2.35. The smallest absolute Gasteiger partial charge is 0.222 e.